The lowest BCUT2D eigenvalue weighted by atomic mass is 9.87. The van der Waals surface area contributed by atoms with Gasteiger partial charge in [-0.25, -0.2) is 0 Å². The summed E-state index contributed by atoms with van der Waals surface area (Å²) in [7, 11) is 1.62. The van der Waals surface area contributed by atoms with Crippen molar-refractivity contribution in [3.63, 3.8) is 0 Å². The number of halogens is 1. The molecule has 0 aliphatic rings. The van der Waals surface area contributed by atoms with Crippen LogP contribution in [0.25, 0.3) is 0 Å². The van der Waals surface area contributed by atoms with Crippen LogP contribution in [0.15, 0.2) is 24.3 Å². The predicted molar refractivity (Wildman–Crippen MR) is 70.8 cm³/mol. The van der Waals surface area contributed by atoms with E-state index in [1.165, 1.54) is 0 Å². The number of hydrogen-bond acceptors (Lipinski definition) is 2. The molecule has 2 nitrogen and oxygen atoms in total. The minimum absolute atomic E-state index is 0.0713. The summed E-state index contributed by atoms with van der Waals surface area (Å²) < 4.78 is 5.14. The molecule has 17 heavy (non-hydrogen) atoms. The van der Waals surface area contributed by atoms with Gasteiger partial charge in [0.25, 0.3) is 0 Å². The van der Waals surface area contributed by atoms with Gasteiger partial charge in [-0.05, 0) is 24.1 Å². The monoisotopic (exact) mass is 254 g/mol. The van der Waals surface area contributed by atoms with E-state index in [1.54, 1.807) is 7.11 Å². The molecule has 0 N–H and O–H groups in total. The summed E-state index contributed by atoms with van der Waals surface area (Å²) in [5, 5.41) is -0.484. The zero-order valence-electron chi connectivity index (χ0n) is 10.8. The first-order valence-corrected chi connectivity index (χ1v) is 6.09. The number of rotatable bonds is 4. The Morgan fingerprint density at radius 2 is 2.06 bits per heavy atom. The Bertz CT molecular complexity index is 393. The average molecular weight is 255 g/mol. The summed E-state index contributed by atoms with van der Waals surface area (Å²) in [6.07, 6.45) is 0.537. The van der Waals surface area contributed by atoms with Crippen molar-refractivity contribution in [1.29, 1.82) is 0 Å². The molecule has 0 saturated carbocycles. The smallest absolute Gasteiger partial charge is 0.156 e. The van der Waals surface area contributed by atoms with Gasteiger partial charge >= 0.3 is 0 Å². The highest BCUT2D eigenvalue weighted by Gasteiger charge is 2.28. The normalized spacial score (nSPS) is 13.2. The molecule has 0 heterocycles. The highest BCUT2D eigenvalue weighted by Crippen LogP contribution is 2.23. The number of benzene rings is 1. The molecule has 1 aromatic rings. The Morgan fingerprint density at radius 1 is 1.41 bits per heavy atom. The van der Waals surface area contributed by atoms with E-state index >= 15 is 0 Å². The van der Waals surface area contributed by atoms with E-state index in [4.69, 9.17) is 16.3 Å². The number of carbonyl (C=O) groups excluding carboxylic acids is 1. The topological polar surface area (TPSA) is 26.3 Å². The first kappa shape index (κ1) is 14.0. The van der Waals surface area contributed by atoms with Crippen LogP contribution in [0.3, 0.4) is 0 Å². The number of methoxy groups -OCH3 is 1. The molecule has 0 saturated heterocycles. The Morgan fingerprint density at radius 3 is 2.59 bits per heavy atom. The van der Waals surface area contributed by atoms with E-state index in [2.05, 4.69) is 0 Å². The van der Waals surface area contributed by atoms with Crippen molar-refractivity contribution in [3.05, 3.63) is 29.8 Å². The molecule has 0 aliphatic carbocycles. The molecule has 0 fully saturated rings. The van der Waals surface area contributed by atoms with Crippen molar-refractivity contribution < 1.29 is 9.53 Å². The maximum absolute atomic E-state index is 12.0. The predicted octanol–water partition coefficient (Wildman–Crippen LogP) is 3.46. The summed E-state index contributed by atoms with van der Waals surface area (Å²) in [4.78, 5) is 12.0. The fourth-order valence-corrected chi connectivity index (χ4v) is 2.07. The van der Waals surface area contributed by atoms with E-state index < -0.39 is 10.8 Å². The van der Waals surface area contributed by atoms with Crippen LogP contribution in [0.5, 0.6) is 5.75 Å². The molecule has 1 rings (SSSR count). The second-order valence-electron chi connectivity index (χ2n) is 5.14. The van der Waals surface area contributed by atoms with Crippen LogP contribution >= 0.6 is 11.6 Å². The maximum atomic E-state index is 12.0. The van der Waals surface area contributed by atoms with Gasteiger partial charge < -0.3 is 4.74 Å². The second kappa shape index (κ2) is 5.54. The maximum Gasteiger partial charge on any atom is 0.156 e. The quantitative estimate of drug-likeness (QED) is 0.770. The number of carbonyl (C=O) groups is 1. The van der Waals surface area contributed by atoms with Gasteiger partial charge in [-0.15, -0.1) is 11.6 Å². The van der Waals surface area contributed by atoms with Crippen molar-refractivity contribution >= 4 is 17.4 Å². The number of hydrogen-bond donors (Lipinski definition) is 0. The summed E-state index contributed by atoms with van der Waals surface area (Å²) in [6, 6.07) is 7.64. The van der Waals surface area contributed by atoms with Gasteiger partial charge in [0, 0.05) is 5.41 Å². The van der Waals surface area contributed by atoms with E-state index in [9.17, 15) is 4.79 Å². The van der Waals surface area contributed by atoms with E-state index in [-0.39, 0.29) is 5.78 Å². The van der Waals surface area contributed by atoms with Gasteiger partial charge in [0.1, 0.15) is 5.75 Å². The van der Waals surface area contributed by atoms with Gasteiger partial charge in [-0.3, -0.25) is 4.79 Å². The number of Topliss-reactive ketones (excluding diaryl/α,β-unsaturated/α-hetero) is 1. The molecule has 0 aromatic heterocycles. The van der Waals surface area contributed by atoms with Crippen LogP contribution in [0, 0.1) is 5.41 Å². The number of alkyl halides is 1. The number of ether oxygens (including phenoxy) is 1. The van der Waals surface area contributed by atoms with Gasteiger partial charge in [-0.1, -0.05) is 32.9 Å². The highest BCUT2D eigenvalue weighted by atomic mass is 35.5. The average Bonchev–Trinajstić information content (AvgIpc) is 2.27. The minimum atomic E-state index is -0.484. The molecular formula is C14H19ClO2. The molecule has 1 unspecified atom stereocenters. The second-order valence-corrected chi connectivity index (χ2v) is 5.66. The van der Waals surface area contributed by atoms with Crippen LogP contribution in [0.4, 0.5) is 0 Å². The van der Waals surface area contributed by atoms with E-state index in [0.717, 1.165) is 11.3 Å². The van der Waals surface area contributed by atoms with Gasteiger partial charge in [0.05, 0.1) is 12.5 Å². The molecule has 0 radical (unpaired) electrons. The zero-order valence-corrected chi connectivity index (χ0v) is 11.5. The summed E-state index contributed by atoms with van der Waals surface area (Å²) in [6.45, 7) is 5.66. The van der Waals surface area contributed by atoms with Crippen LogP contribution in [-0.4, -0.2) is 18.3 Å². The van der Waals surface area contributed by atoms with Crippen molar-refractivity contribution in [3.8, 4) is 5.75 Å². The molecule has 0 amide bonds. The van der Waals surface area contributed by atoms with Crippen LogP contribution in [0.1, 0.15) is 26.3 Å². The van der Waals surface area contributed by atoms with Crippen LogP contribution < -0.4 is 4.74 Å². The molecule has 0 spiro atoms. The SMILES string of the molecule is COc1cccc(CC(Cl)C(=O)C(C)(C)C)c1. The lowest BCUT2D eigenvalue weighted by Crippen LogP contribution is -2.30. The molecule has 0 bridgehead atoms. The van der Waals surface area contributed by atoms with Gasteiger partial charge in [0.2, 0.25) is 0 Å². The Balaban J connectivity index is 2.74. The first-order chi connectivity index (χ1) is 7.84. The van der Waals surface area contributed by atoms with Gasteiger partial charge in [0.15, 0.2) is 5.78 Å². The summed E-state index contributed by atoms with van der Waals surface area (Å²) in [5.74, 6) is 0.858. The Hall–Kier alpha value is -1.02. The van der Waals surface area contributed by atoms with Crippen molar-refractivity contribution in [2.24, 2.45) is 5.41 Å². The largest absolute Gasteiger partial charge is 0.497 e. The third-order valence-electron chi connectivity index (χ3n) is 2.57. The van der Waals surface area contributed by atoms with Gasteiger partial charge in [-0.2, -0.15) is 0 Å². The van der Waals surface area contributed by atoms with Crippen LogP contribution in [-0.2, 0) is 11.2 Å². The molecule has 94 valence electrons. The highest BCUT2D eigenvalue weighted by molar-refractivity contribution is 6.31. The first-order valence-electron chi connectivity index (χ1n) is 5.66. The minimum Gasteiger partial charge on any atom is -0.497 e. The Labute approximate surface area is 108 Å². The third kappa shape index (κ3) is 4.04. The molecular weight excluding hydrogens is 236 g/mol. The molecule has 3 heteroatoms. The fraction of sp³-hybridized carbons (Fsp3) is 0.500. The lowest BCUT2D eigenvalue weighted by Gasteiger charge is -2.20. The standard InChI is InChI=1S/C14H19ClO2/c1-14(2,3)13(16)12(15)9-10-6-5-7-11(8-10)17-4/h5-8,12H,9H2,1-4H3. The number of ketones is 1. The summed E-state index contributed by atoms with van der Waals surface area (Å²) in [5.41, 5.74) is 0.618. The van der Waals surface area contributed by atoms with Crippen LogP contribution in [0.2, 0.25) is 0 Å². The molecule has 1 aromatic carbocycles. The molecule has 1 atom stereocenters. The third-order valence-corrected chi connectivity index (χ3v) is 2.93. The Kier molecular flexibility index (Phi) is 4.58. The van der Waals surface area contributed by atoms with Crippen molar-refractivity contribution in [2.75, 3.05) is 7.11 Å². The van der Waals surface area contributed by atoms with Crippen molar-refractivity contribution in [1.82, 2.24) is 0 Å². The zero-order chi connectivity index (χ0) is 13.1. The fourth-order valence-electron chi connectivity index (χ4n) is 1.57. The van der Waals surface area contributed by atoms with E-state index in [0.29, 0.717) is 6.42 Å². The summed E-state index contributed by atoms with van der Waals surface area (Å²) >= 11 is 6.16. The van der Waals surface area contributed by atoms with Crippen molar-refractivity contribution in [2.45, 2.75) is 32.6 Å². The molecule has 0 aliphatic heterocycles. The van der Waals surface area contributed by atoms with E-state index in [1.807, 2.05) is 45.0 Å². The lowest BCUT2D eigenvalue weighted by molar-refractivity contribution is -0.125.